The van der Waals surface area contributed by atoms with Crippen molar-refractivity contribution in [1.82, 2.24) is 14.9 Å². The van der Waals surface area contributed by atoms with Crippen molar-refractivity contribution in [2.75, 3.05) is 6.54 Å². The van der Waals surface area contributed by atoms with Crippen molar-refractivity contribution < 1.29 is 13.6 Å². The molecule has 0 aliphatic carbocycles. The Balaban J connectivity index is 1.55. The molecule has 1 fully saturated rings. The molecule has 7 heteroatoms. The van der Waals surface area contributed by atoms with Crippen LogP contribution in [0.15, 0.2) is 51.9 Å². The SMILES string of the molecule is O=C(c1cnco1)N1CCCC[C@@H]1c1ncc(Cc2ccccc2Cl)o1. The maximum Gasteiger partial charge on any atom is 0.291 e. The summed E-state index contributed by atoms with van der Waals surface area (Å²) in [4.78, 5) is 22.7. The minimum Gasteiger partial charge on any atom is -0.443 e. The van der Waals surface area contributed by atoms with Gasteiger partial charge in [0.1, 0.15) is 11.8 Å². The number of likely N-dealkylation sites (tertiary alicyclic amines) is 1. The smallest absolute Gasteiger partial charge is 0.291 e. The van der Waals surface area contributed by atoms with E-state index in [0.717, 1.165) is 30.6 Å². The molecule has 3 heterocycles. The third-order valence-electron chi connectivity index (χ3n) is 4.59. The number of carbonyl (C=O) groups excluding carboxylic acids is 1. The Morgan fingerprint density at radius 2 is 2.15 bits per heavy atom. The summed E-state index contributed by atoms with van der Waals surface area (Å²) >= 11 is 6.22. The van der Waals surface area contributed by atoms with E-state index in [1.54, 1.807) is 11.1 Å². The highest BCUT2D eigenvalue weighted by Crippen LogP contribution is 2.32. The van der Waals surface area contributed by atoms with Gasteiger partial charge in [0.2, 0.25) is 11.7 Å². The fraction of sp³-hybridized carbons (Fsp3) is 0.316. The number of halogens is 1. The van der Waals surface area contributed by atoms with E-state index in [9.17, 15) is 4.79 Å². The minimum absolute atomic E-state index is 0.182. The molecule has 0 spiro atoms. The second-order valence-corrected chi connectivity index (χ2v) is 6.72. The first-order valence-electron chi connectivity index (χ1n) is 8.60. The Bertz CT molecular complexity index is 891. The number of benzene rings is 1. The van der Waals surface area contributed by atoms with Crippen LogP contribution < -0.4 is 0 Å². The monoisotopic (exact) mass is 371 g/mol. The molecule has 1 atom stereocenters. The summed E-state index contributed by atoms with van der Waals surface area (Å²) in [6.45, 7) is 0.645. The van der Waals surface area contributed by atoms with Gasteiger partial charge in [-0.2, -0.15) is 0 Å². The third-order valence-corrected chi connectivity index (χ3v) is 4.95. The van der Waals surface area contributed by atoms with Crippen molar-refractivity contribution in [3.63, 3.8) is 0 Å². The lowest BCUT2D eigenvalue weighted by Crippen LogP contribution is -2.38. The lowest BCUT2D eigenvalue weighted by atomic mass is 10.0. The predicted octanol–water partition coefficient (Wildman–Crippen LogP) is 4.27. The normalized spacial score (nSPS) is 17.4. The summed E-state index contributed by atoms with van der Waals surface area (Å²) in [6.07, 6.45) is 7.76. The molecule has 0 radical (unpaired) electrons. The molecule has 0 N–H and O–H groups in total. The van der Waals surface area contributed by atoms with Crippen molar-refractivity contribution in [2.24, 2.45) is 0 Å². The van der Waals surface area contributed by atoms with Crippen molar-refractivity contribution in [2.45, 2.75) is 31.7 Å². The van der Waals surface area contributed by atoms with E-state index in [4.69, 9.17) is 20.4 Å². The summed E-state index contributed by atoms with van der Waals surface area (Å²) in [5.41, 5.74) is 0.982. The number of aromatic nitrogens is 2. The van der Waals surface area contributed by atoms with Gasteiger partial charge in [-0.05, 0) is 30.9 Å². The molecule has 0 unspecified atom stereocenters. The fourth-order valence-corrected chi connectivity index (χ4v) is 3.48. The molecule has 0 bridgehead atoms. The average Bonchev–Trinajstić information content (AvgIpc) is 3.35. The van der Waals surface area contributed by atoms with Gasteiger partial charge in [-0.25, -0.2) is 9.97 Å². The maximum atomic E-state index is 12.7. The lowest BCUT2D eigenvalue weighted by Gasteiger charge is -2.33. The first kappa shape index (κ1) is 16.8. The van der Waals surface area contributed by atoms with Crippen LogP contribution >= 0.6 is 11.6 Å². The van der Waals surface area contributed by atoms with Crippen molar-refractivity contribution in [3.05, 3.63) is 71.1 Å². The van der Waals surface area contributed by atoms with E-state index >= 15 is 0 Å². The second-order valence-electron chi connectivity index (χ2n) is 6.31. The zero-order valence-electron chi connectivity index (χ0n) is 14.1. The minimum atomic E-state index is -0.193. The molecule has 26 heavy (non-hydrogen) atoms. The van der Waals surface area contributed by atoms with E-state index in [0.29, 0.717) is 23.9 Å². The molecule has 134 valence electrons. The van der Waals surface area contributed by atoms with Crippen molar-refractivity contribution >= 4 is 17.5 Å². The molecular formula is C19H18ClN3O3. The lowest BCUT2D eigenvalue weighted by molar-refractivity contribution is 0.0538. The van der Waals surface area contributed by atoms with Crippen LogP contribution in [0.5, 0.6) is 0 Å². The number of piperidine rings is 1. The summed E-state index contributed by atoms with van der Waals surface area (Å²) < 4.78 is 11.1. The van der Waals surface area contributed by atoms with Crippen LogP contribution in [0.3, 0.4) is 0 Å². The van der Waals surface area contributed by atoms with E-state index in [1.165, 1.54) is 12.6 Å². The van der Waals surface area contributed by atoms with E-state index in [2.05, 4.69) is 9.97 Å². The second kappa shape index (κ2) is 7.33. The molecule has 1 aliphatic heterocycles. The van der Waals surface area contributed by atoms with E-state index in [-0.39, 0.29) is 17.7 Å². The highest BCUT2D eigenvalue weighted by Gasteiger charge is 2.33. The molecule has 6 nitrogen and oxygen atoms in total. The van der Waals surface area contributed by atoms with Gasteiger partial charge >= 0.3 is 0 Å². The zero-order valence-corrected chi connectivity index (χ0v) is 14.9. The predicted molar refractivity (Wildman–Crippen MR) is 94.9 cm³/mol. The van der Waals surface area contributed by atoms with Gasteiger partial charge in [-0.3, -0.25) is 4.79 Å². The first-order chi connectivity index (χ1) is 12.7. The van der Waals surface area contributed by atoms with Gasteiger partial charge in [0.25, 0.3) is 5.91 Å². The number of rotatable bonds is 4. The largest absolute Gasteiger partial charge is 0.443 e. The first-order valence-corrected chi connectivity index (χ1v) is 8.97. The molecule has 0 saturated carbocycles. The number of hydrogen-bond donors (Lipinski definition) is 0. The zero-order chi connectivity index (χ0) is 17.9. The number of nitrogens with zero attached hydrogens (tertiary/aromatic N) is 3. The Morgan fingerprint density at radius 1 is 1.27 bits per heavy atom. The molecule has 3 aromatic rings. The summed E-state index contributed by atoms with van der Waals surface area (Å²) in [7, 11) is 0. The van der Waals surface area contributed by atoms with Crippen LogP contribution in [0.1, 0.15) is 53.1 Å². The molecule has 2 aromatic heterocycles. The number of carbonyl (C=O) groups is 1. The number of amides is 1. The van der Waals surface area contributed by atoms with Crippen LogP contribution in [0, 0.1) is 0 Å². The van der Waals surface area contributed by atoms with Crippen LogP contribution in [0.25, 0.3) is 0 Å². The quantitative estimate of drug-likeness (QED) is 0.684. The van der Waals surface area contributed by atoms with Gasteiger partial charge in [0, 0.05) is 18.0 Å². The number of oxazole rings is 2. The van der Waals surface area contributed by atoms with Gasteiger partial charge < -0.3 is 13.7 Å². The molecule has 1 amide bonds. The van der Waals surface area contributed by atoms with E-state index < -0.39 is 0 Å². The van der Waals surface area contributed by atoms with Crippen LogP contribution in [-0.2, 0) is 6.42 Å². The average molecular weight is 372 g/mol. The summed E-state index contributed by atoms with van der Waals surface area (Å²) in [5.74, 6) is 1.34. The van der Waals surface area contributed by atoms with Gasteiger partial charge in [0.05, 0.1) is 12.4 Å². The van der Waals surface area contributed by atoms with Gasteiger partial charge in [0.15, 0.2) is 6.39 Å². The van der Waals surface area contributed by atoms with Crippen LogP contribution in [0.2, 0.25) is 5.02 Å². The Hall–Kier alpha value is -2.60. The maximum absolute atomic E-state index is 12.7. The summed E-state index contributed by atoms with van der Waals surface area (Å²) in [5, 5.41) is 0.699. The molecular weight excluding hydrogens is 354 g/mol. The molecule has 1 saturated heterocycles. The molecule has 4 rings (SSSR count). The standard InChI is InChI=1S/C19H18ClN3O3/c20-15-6-2-1-5-13(15)9-14-10-22-18(26-14)16-7-3-4-8-23(16)19(24)17-11-21-12-25-17/h1-2,5-6,10-12,16H,3-4,7-9H2/t16-/m1/s1. The Morgan fingerprint density at radius 3 is 2.96 bits per heavy atom. The Kier molecular flexibility index (Phi) is 4.75. The van der Waals surface area contributed by atoms with Crippen LogP contribution in [0.4, 0.5) is 0 Å². The fourth-order valence-electron chi connectivity index (χ4n) is 3.28. The Labute approximate surface area is 155 Å². The van der Waals surface area contributed by atoms with E-state index in [1.807, 2.05) is 24.3 Å². The van der Waals surface area contributed by atoms with Crippen molar-refractivity contribution in [1.29, 1.82) is 0 Å². The molecule has 1 aliphatic rings. The van der Waals surface area contributed by atoms with Gasteiger partial charge in [-0.1, -0.05) is 29.8 Å². The van der Waals surface area contributed by atoms with Gasteiger partial charge in [-0.15, -0.1) is 0 Å². The molecule has 1 aromatic carbocycles. The highest BCUT2D eigenvalue weighted by atomic mass is 35.5. The highest BCUT2D eigenvalue weighted by molar-refractivity contribution is 6.31. The van der Waals surface area contributed by atoms with Crippen LogP contribution in [-0.4, -0.2) is 27.3 Å². The topological polar surface area (TPSA) is 72.4 Å². The van der Waals surface area contributed by atoms with Crippen molar-refractivity contribution in [3.8, 4) is 0 Å². The number of hydrogen-bond acceptors (Lipinski definition) is 5. The third kappa shape index (κ3) is 3.37. The summed E-state index contributed by atoms with van der Waals surface area (Å²) in [6, 6.07) is 7.46.